The van der Waals surface area contributed by atoms with Gasteiger partial charge in [0.25, 0.3) is 0 Å². The van der Waals surface area contributed by atoms with Crippen molar-refractivity contribution >= 4 is 29.9 Å². The highest BCUT2D eigenvalue weighted by atomic mass is 127. The Bertz CT molecular complexity index is 637. The van der Waals surface area contributed by atoms with Crippen LogP contribution in [0.2, 0.25) is 0 Å². The molecule has 2 N–H and O–H groups in total. The molecule has 9 heteroatoms. The van der Waals surface area contributed by atoms with Crippen LogP contribution in [0.5, 0.6) is 5.75 Å². The van der Waals surface area contributed by atoms with Gasteiger partial charge in [-0.05, 0) is 19.1 Å². The molecule has 0 amide bonds. The van der Waals surface area contributed by atoms with Gasteiger partial charge in [-0.1, -0.05) is 18.2 Å². The minimum Gasteiger partial charge on any atom is -0.434 e. The number of benzene rings is 1. The van der Waals surface area contributed by atoms with E-state index in [4.69, 9.17) is 0 Å². The number of alkyl halides is 2. The van der Waals surface area contributed by atoms with Crippen LogP contribution < -0.4 is 15.4 Å². The molecule has 1 aromatic carbocycles. The van der Waals surface area contributed by atoms with Gasteiger partial charge >= 0.3 is 6.61 Å². The molecule has 0 bridgehead atoms. The van der Waals surface area contributed by atoms with Gasteiger partial charge in [-0.3, -0.25) is 4.68 Å². The topological polar surface area (TPSA) is 63.5 Å². The van der Waals surface area contributed by atoms with Crippen molar-refractivity contribution in [2.45, 2.75) is 26.6 Å². The predicted molar refractivity (Wildman–Crippen MR) is 104 cm³/mol. The summed E-state index contributed by atoms with van der Waals surface area (Å²) in [5.41, 5.74) is 0.599. The molecule has 0 aliphatic carbocycles. The molecule has 0 atom stereocenters. The van der Waals surface area contributed by atoms with Crippen molar-refractivity contribution in [2.24, 2.45) is 4.99 Å². The first kappa shape index (κ1) is 21.1. The molecule has 0 saturated heterocycles. The van der Waals surface area contributed by atoms with E-state index in [1.165, 1.54) is 6.07 Å². The number of aromatic nitrogens is 2. The van der Waals surface area contributed by atoms with Crippen molar-refractivity contribution in [1.29, 1.82) is 0 Å². The van der Waals surface area contributed by atoms with Gasteiger partial charge in [0.2, 0.25) is 0 Å². The summed E-state index contributed by atoms with van der Waals surface area (Å²) in [4.78, 5) is 4.41. The first-order valence-corrected chi connectivity index (χ1v) is 7.71. The summed E-state index contributed by atoms with van der Waals surface area (Å²) in [6.07, 6.45) is 3.60. The lowest BCUT2D eigenvalue weighted by Gasteiger charge is -2.12. The summed E-state index contributed by atoms with van der Waals surface area (Å²) in [6.45, 7) is 1.38. The molecule has 2 rings (SSSR count). The SMILES string of the molecule is CCNC(=NCc1ccccc1OC(F)F)NCCn1cccn1.I. The molecule has 2 aromatic rings. The van der Waals surface area contributed by atoms with E-state index in [-0.39, 0.29) is 36.3 Å². The summed E-state index contributed by atoms with van der Waals surface area (Å²) in [5.74, 6) is 0.750. The van der Waals surface area contributed by atoms with E-state index in [0.717, 1.165) is 0 Å². The van der Waals surface area contributed by atoms with Crippen molar-refractivity contribution in [1.82, 2.24) is 20.4 Å². The predicted octanol–water partition coefficient (Wildman–Crippen LogP) is 2.86. The number of rotatable bonds is 8. The molecule has 25 heavy (non-hydrogen) atoms. The number of halogens is 3. The summed E-state index contributed by atoms with van der Waals surface area (Å²) in [5, 5.41) is 10.4. The van der Waals surface area contributed by atoms with Crippen LogP contribution in [0.15, 0.2) is 47.7 Å². The minimum absolute atomic E-state index is 0. The van der Waals surface area contributed by atoms with Gasteiger partial charge in [-0.2, -0.15) is 13.9 Å². The van der Waals surface area contributed by atoms with Crippen molar-refractivity contribution in [2.75, 3.05) is 13.1 Å². The first-order valence-electron chi connectivity index (χ1n) is 7.71. The molecule has 0 unspecified atom stereocenters. The standard InChI is InChI=1S/C16H21F2N5O.HI/c1-2-19-16(20-9-11-23-10-5-8-22-23)21-12-13-6-3-4-7-14(13)24-15(17)18;/h3-8,10,15H,2,9,11-12H2,1H3,(H2,19,20,21);1H. The average Bonchev–Trinajstić information content (AvgIpc) is 3.06. The normalized spacial score (nSPS) is 11.1. The maximum absolute atomic E-state index is 12.4. The minimum atomic E-state index is -2.85. The highest BCUT2D eigenvalue weighted by Crippen LogP contribution is 2.20. The van der Waals surface area contributed by atoms with Crippen LogP contribution in [-0.4, -0.2) is 35.4 Å². The number of hydrogen-bond acceptors (Lipinski definition) is 3. The van der Waals surface area contributed by atoms with Crippen molar-refractivity contribution < 1.29 is 13.5 Å². The van der Waals surface area contributed by atoms with E-state index in [9.17, 15) is 8.78 Å². The smallest absolute Gasteiger partial charge is 0.387 e. The molecular weight excluding hydrogens is 443 g/mol. The maximum Gasteiger partial charge on any atom is 0.387 e. The maximum atomic E-state index is 12.4. The third-order valence-electron chi connectivity index (χ3n) is 3.13. The Morgan fingerprint density at radius 2 is 2.08 bits per heavy atom. The average molecular weight is 465 g/mol. The third-order valence-corrected chi connectivity index (χ3v) is 3.13. The lowest BCUT2D eigenvalue weighted by Crippen LogP contribution is -2.38. The zero-order chi connectivity index (χ0) is 17.2. The highest BCUT2D eigenvalue weighted by molar-refractivity contribution is 14.0. The van der Waals surface area contributed by atoms with Gasteiger partial charge in [0.05, 0.1) is 13.1 Å². The summed E-state index contributed by atoms with van der Waals surface area (Å²) in [7, 11) is 0. The number of hydrogen-bond donors (Lipinski definition) is 2. The Labute approximate surface area is 162 Å². The van der Waals surface area contributed by atoms with Crippen LogP contribution in [0, 0.1) is 0 Å². The number of para-hydroxylation sites is 1. The monoisotopic (exact) mass is 465 g/mol. The van der Waals surface area contributed by atoms with Crippen LogP contribution in [0.1, 0.15) is 12.5 Å². The molecule has 0 spiro atoms. The number of guanidine groups is 1. The Morgan fingerprint density at radius 1 is 1.28 bits per heavy atom. The van der Waals surface area contributed by atoms with Crippen LogP contribution in [0.25, 0.3) is 0 Å². The van der Waals surface area contributed by atoms with Gasteiger partial charge < -0.3 is 15.4 Å². The van der Waals surface area contributed by atoms with Crippen molar-refractivity contribution in [3.63, 3.8) is 0 Å². The molecule has 1 aromatic heterocycles. The number of nitrogens with zero attached hydrogens (tertiary/aromatic N) is 3. The molecule has 0 radical (unpaired) electrons. The number of aliphatic imine (C=N–C) groups is 1. The summed E-state index contributed by atoms with van der Waals surface area (Å²) < 4.78 is 31.2. The zero-order valence-electron chi connectivity index (χ0n) is 13.9. The van der Waals surface area contributed by atoms with E-state index < -0.39 is 6.61 Å². The van der Waals surface area contributed by atoms with Crippen LogP contribution in [0.4, 0.5) is 8.78 Å². The molecule has 6 nitrogen and oxygen atoms in total. The molecule has 0 aliphatic heterocycles. The van der Waals surface area contributed by atoms with E-state index >= 15 is 0 Å². The van der Waals surface area contributed by atoms with Crippen LogP contribution >= 0.6 is 24.0 Å². The fourth-order valence-electron chi connectivity index (χ4n) is 2.07. The van der Waals surface area contributed by atoms with Gasteiger partial charge in [-0.25, -0.2) is 4.99 Å². The molecule has 1 heterocycles. The Morgan fingerprint density at radius 3 is 2.76 bits per heavy atom. The molecule has 0 saturated carbocycles. The van der Waals surface area contributed by atoms with Gasteiger partial charge in [0.1, 0.15) is 5.75 Å². The van der Waals surface area contributed by atoms with Crippen LogP contribution in [-0.2, 0) is 13.1 Å². The zero-order valence-corrected chi connectivity index (χ0v) is 16.2. The van der Waals surface area contributed by atoms with Gasteiger partial charge in [0.15, 0.2) is 5.96 Å². The first-order chi connectivity index (χ1) is 11.7. The summed E-state index contributed by atoms with van der Waals surface area (Å²) in [6, 6.07) is 8.50. The molecule has 0 aliphatic rings. The highest BCUT2D eigenvalue weighted by Gasteiger charge is 2.08. The molecular formula is C16H22F2IN5O. The second-order valence-electron chi connectivity index (χ2n) is 4.88. The van der Waals surface area contributed by atoms with E-state index in [1.54, 1.807) is 24.4 Å². The quantitative estimate of drug-likeness (QED) is 0.358. The number of nitrogens with one attached hydrogen (secondary N) is 2. The van der Waals surface area contributed by atoms with E-state index in [0.29, 0.717) is 31.2 Å². The Hall–Kier alpha value is -1.91. The Balaban J connectivity index is 0.00000312. The van der Waals surface area contributed by atoms with Gasteiger partial charge in [0, 0.05) is 31.0 Å². The molecule has 138 valence electrons. The number of ether oxygens (including phenoxy) is 1. The second kappa shape index (κ2) is 11.6. The van der Waals surface area contributed by atoms with E-state index in [1.807, 2.05) is 23.9 Å². The second-order valence-corrected chi connectivity index (χ2v) is 4.88. The lowest BCUT2D eigenvalue weighted by atomic mass is 10.2. The van der Waals surface area contributed by atoms with Gasteiger partial charge in [-0.15, -0.1) is 24.0 Å². The van der Waals surface area contributed by atoms with Crippen LogP contribution in [0.3, 0.4) is 0 Å². The third kappa shape index (κ3) is 7.67. The fraction of sp³-hybridized carbons (Fsp3) is 0.375. The summed E-state index contributed by atoms with van der Waals surface area (Å²) >= 11 is 0. The lowest BCUT2D eigenvalue weighted by molar-refractivity contribution is -0.0504. The Kier molecular flexibility index (Phi) is 9.81. The largest absolute Gasteiger partial charge is 0.434 e. The van der Waals surface area contributed by atoms with Crippen molar-refractivity contribution in [3.8, 4) is 5.75 Å². The van der Waals surface area contributed by atoms with E-state index in [2.05, 4.69) is 25.5 Å². The molecule has 0 fully saturated rings. The van der Waals surface area contributed by atoms with Crippen molar-refractivity contribution in [3.05, 3.63) is 48.3 Å². The fourth-order valence-corrected chi connectivity index (χ4v) is 2.07.